The highest BCUT2D eigenvalue weighted by Crippen LogP contribution is 2.35. The Hall–Kier alpha value is -2.51. The van der Waals surface area contributed by atoms with Crippen LogP contribution in [0.15, 0.2) is 36.4 Å². The van der Waals surface area contributed by atoms with Gasteiger partial charge in [0.05, 0.1) is 20.1 Å². The van der Waals surface area contributed by atoms with Crippen molar-refractivity contribution in [2.24, 2.45) is 0 Å². The maximum atomic E-state index is 12.9. The van der Waals surface area contributed by atoms with E-state index < -0.39 is 4.92 Å². The van der Waals surface area contributed by atoms with E-state index in [9.17, 15) is 14.9 Å². The number of carbonyl (C=O) groups excluding carboxylic acids is 1. The van der Waals surface area contributed by atoms with Gasteiger partial charge in [-0.05, 0) is 44.0 Å². The Labute approximate surface area is 170 Å². The van der Waals surface area contributed by atoms with Gasteiger partial charge in [-0.1, -0.05) is 23.7 Å². The lowest BCUT2D eigenvalue weighted by atomic mass is 9.96. The van der Waals surface area contributed by atoms with Crippen molar-refractivity contribution in [1.82, 2.24) is 9.88 Å². The van der Waals surface area contributed by atoms with E-state index in [1.165, 1.54) is 6.07 Å². The van der Waals surface area contributed by atoms with Gasteiger partial charge in [-0.15, -0.1) is 11.3 Å². The van der Waals surface area contributed by atoms with Gasteiger partial charge >= 0.3 is 0 Å². The molecule has 2 heterocycles. The fourth-order valence-electron chi connectivity index (χ4n) is 3.67. The van der Waals surface area contributed by atoms with Crippen LogP contribution in [0.2, 0.25) is 5.02 Å². The number of hydrogen-bond acceptors (Lipinski definition) is 5. The highest BCUT2D eigenvalue weighted by atomic mass is 35.5. The number of piperidine rings is 1. The number of aryl methyl sites for hydroxylation is 1. The molecule has 1 amide bonds. The van der Waals surface area contributed by atoms with Crippen molar-refractivity contribution in [3.8, 4) is 0 Å². The van der Waals surface area contributed by atoms with E-state index in [0.717, 1.165) is 28.1 Å². The second-order valence-corrected chi connectivity index (χ2v) is 8.46. The Morgan fingerprint density at radius 2 is 2.04 bits per heavy atom. The highest BCUT2D eigenvalue weighted by Gasteiger charge is 2.30. The molecule has 4 rings (SSSR count). The summed E-state index contributed by atoms with van der Waals surface area (Å²) >= 11 is 7.71. The number of hydrogen-bond donors (Lipinski definition) is 0. The molecule has 0 spiro atoms. The molecule has 1 saturated heterocycles. The van der Waals surface area contributed by atoms with Crippen molar-refractivity contribution in [2.45, 2.75) is 25.7 Å². The van der Waals surface area contributed by atoms with E-state index in [4.69, 9.17) is 16.6 Å². The molecule has 2 aromatic carbocycles. The van der Waals surface area contributed by atoms with Gasteiger partial charge in [-0.2, -0.15) is 0 Å². The number of aromatic nitrogens is 1. The first kappa shape index (κ1) is 18.8. The Kier molecular flexibility index (Phi) is 5.03. The van der Waals surface area contributed by atoms with Gasteiger partial charge in [0.1, 0.15) is 5.56 Å². The number of benzene rings is 2. The van der Waals surface area contributed by atoms with Crippen LogP contribution in [0.25, 0.3) is 10.2 Å². The minimum absolute atomic E-state index is 0.0994. The molecule has 0 saturated carbocycles. The van der Waals surface area contributed by atoms with Crippen molar-refractivity contribution in [3.05, 3.63) is 67.7 Å². The molecule has 6 nitrogen and oxygen atoms in total. The minimum Gasteiger partial charge on any atom is -0.338 e. The number of likely N-dealkylation sites (tertiary alicyclic amines) is 1. The van der Waals surface area contributed by atoms with Gasteiger partial charge in [0, 0.05) is 29.6 Å². The molecule has 28 heavy (non-hydrogen) atoms. The van der Waals surface area contributed by atoms with Crippen molar-refractivity contribution in [3.63, 3.8) is 0 Å². The zero-order valence-corrected chi connectivity index (χ0v) is 16.8. The van der Waals surface area contributed by atoms with Crippen LogP contribution in [0, 0.1) is 17.0 Å². The van der Waals surface area contributed by atoms with E-state index in [0.29, 0.717) is 23.7 Å². The van der Waals surface area contributed by atoms with E-state index in [-0.39, 0.29) is 23.1 Å². The molecule has 1 aliphatic rings. The van der Waals surface area contributed by atoms with Gasteiger partial charge in [-0.25, -0.2) is 4.98 Å². The second kappa shape index (κ2) is 7.48. The number of halogens is 1. The highest BCUT2D eigenvalue weighted by molar-refractivity contribution is 7.18. The summed E-state index contributed by atoms with van der Waals surface area (Å²) in [5.41, 5.74) is 1.47. The summed E-state index contributed by atoms with van der Waals surface area (Å²) in [6.45, 7) is 2.77. The van der Waals surface area contributed by atoms with Crippen LogP contribution in [-0.4, -0.2) is 33.8 Å². The maximum absolute atomic E-state index is 12.9. The van der Waals surface area contributed by atoms with Gasteiger partial charge in [-0.3, -0.25) is 14.9 Å². The number of nitro groups is 1. The first-order valence-electron chi connectivity index (χ1n) is 9.03. The third kappa shape index (κ3) is 3.47. The number of fused-ring (bicyclic) bond motifs is 1. The van der Waals surface area contributed by atoms with Crippen molar-refractivity contribution < 1.29 is 9.72 Å². The molecule has 0 bridgehead atoms. The number of nitrogens with zero attached hydrogens (tertiary/aromatic N) is 3. The number of amides is 1. The summed E-state index contributed by atoms with van der Waals surface area (Å²) in [5.74, 6) is 0.0117. The number of carbonyl (C=O) groups is 1. The van der Waals surface area contributed by atoms with Gasteiger partial charge in [0.2, 0.25) is 0 Å². The summed E-state index contributed by atoms with van der Waals surface area (Å²) in [6, 6.07) is 10.6. The van der Waals surface area contributed by atoms with Crippen LogP contribution in [0.1, 0.15) is 39.7 Å². The Morgan fingerprint density at radius 1 is 1.29 bits per heavy atom. The fraction of sp³-hybridized carbons (Fsp3) is 0.300. The molecule has 0 N–H and O–H groups in total. The van der Waals surface area contributed by atoms with E-state index >= 15 is 0 Å². The summed E-state index contributed by atoms with van der Waals surface area (Å²) in [4.78, 5) is 30.2. The largest absolute Gasteiger partial charge is 0.338 e. The van der Waals surface area contributed by atoms with Gasteiger partial charge in [0.25, 0.3) is 11.6 Å². The van der Waals surface area contributed by atoms with E-state index in [2.05, 4.69) is 0 Å². The quantitative estimate of drug-likeness (QED) is 0.436. The molecule has 8 heteroatoms. The first-order chi connectivity index (χ1) is 13.4. The monoisotopic (exact) mass is 415 g/mol. The topological polar surface area (TPSA) is 76.3 Å². The van der Waals surface area contributed by atoms with Crippen LogP contribution < -0.4 is 0 Å². The standard InChI is InChI=1S/C20H18ClN3O3S/c1-12-3-2-4-15(18(12)24(26)27)20(25)23-9-7-13(8-10-23)19-22-16-11-14(21)5-6-17(16)28-19/h2-6,11,13H,7-10H2,1H3. The fourth-order valence-corrected chi connectivity index (χ4v) is 4.95. The number of nitro benzene ring substituents is 1. The lowest BCUT2D eigenvalue weighted by molar-refractivity contribution is -0.385. The molecule has 1 fully saturated rings. The Balaban J connectivity index is 1.50. The van der Waals surface area contributed by atoms with Gasteiger partial charge < -0.3 is 4.90 Å². The molecule has 0 radical (unpaired) electrons. The van der Waals surface area contributed by atoms with Crippen LogP contribution in [0.5, 0.6) is 0 Å². The van der Waals surface area contributed by atoms with Crippen LogP contribution in [-0.2, 0) is 0 Å². The molecular weight excluding hydrogens is 398 g/mol. The van der Waals surface area contributed by atoms with E-state index in [1.54, 1.807) is 35.3 Å². The van der Waals surface area contributed by atoms with Crippen LogP contribution in [0.3, 0.4) is 0 Å². The predicted molar refractivity (Wildman–Crippen MR) is 110 cm³/mol. The molecule has 3 aromatic rings. The van der Waals surface area contributed by atoms with Crippen molar-refractivity contribution >= 4 is 44.7 Å². The number of thiazole rings is 1. The third-order valence-corrected chi connectivity index (χ3v) is 6.58. The molecule has 144 valence electrons. The summed E-state index contributed by atoms with van der Waals surface area (Å²) < 4.78 is 1.10. The normalized spacial score (nSPS) is 15.1. The average Bonchev–Trinajstić information content (AvgIpc) is 3.10. The van der Waals surface area contributed by atoms with Crippen LogP contribution in [0.4, 0.5) is 5.69 Å². The van der Waals surface area contributed by atoms with E-state index in [1.807, 2.05) is 18.2 Å². The van der Waals surface area contributed by atoms with Crippen LogP contribution >= 0.6 is 22.9 Å². The maximum Gasteiger partial charge on any atom is 0.285 e. The SMILES string of the molecule is Cc1cccc(C(=O)N2CCC(c3nc4cc(Cl)ccc4s3)CC2)c1[N+](=O)[O-]. The average molecular weight is 416 g/mol. The summed E-state index contributed by atoms with van der Waals surface area (Å²) in [6.07, 6.45) is 1.58. The lowest BCUT2D eigenvalue weighted by Gasteiger charge is -2.31. The molecule has 1 aromatic heterocycles. The molecule has 0 unspecified atom stereocenters. The predicted octanol–water partition coefficient (Wildman–Crippen LogP) is 5.19. The van der Waals surface area contributed by atoms with Gasteiger partial charge in [0.15, 0.2) is 0 Å². The smallest absolute Gasteiger partial charge is 0.285 e. The van der Waals surface area contributed by atoms with Crippen molar-refractivity contribution in [1.29, 1.82) is 0 Å². The third-order valence-electron chi connectivity index (χ3n) is 5.15. The second-order valence-electron chi connectivity index (χ2n) is 6.96. The zero-order chi connectivity index (χ0) is 19.8. The Bertz CT molecular complexity index is 1070. The molecule has 0 aliphatic carbocycles. The molecule has 1 aliphatic heterocycles. The Morgan fingerprint density at radius 3 is 2.75 bits per heavy atom. The summed E-state index contributed by atoms with van der Waals surface area (Å²) in [7, 11) is 0. The zero-order valence-electron chi connectivity index (χ0n) is 15.2. The molecular formula is C20H18ClN3O3S. The first-order valence-corrected chi connectivity index (χ1v) is 10.2. The summed E-state index contributed by atoms with van der Waals surface area (Å²) in [5, 5.41) is 13.1. The number of para-hydroxylation sites is 1. The van der Waals surface area contributed by atoms with Crippen molar-refractivity contribution in [2.75, 3.05) is 13.1 Å². The number of rotatable bonds is 3. The lowest BCUT2D eigenvalue weighted by Crippen LogP contribution is -2.38. The molecule has 0 atom stereocenters. The minimum atomic E-state index is -0.471.